The van der Waals surface area contributed by atoms with E-state index in [4.69, 9.17) is 4.98 Å². The SMILES string of the molecule is Cl.O=C(Nc1nc(-c2ccc(F)cc2)c(N2CCN(C3CCCCC3)CC2)s1)c1ccc2nc(O)c(O)nc2c1. The van der Waals surface area contributed by atoms with Crippen LogP contribution in [0.2, 0.25) is 0 Å². The van der Waals surface area contributed by atoms with Gasteiger partial charge >= 0.3 is 0 Å². The minimum Gasteiger partial charge on any atom is -0.489 e. The van der Waals surface area contributed by atoms with Crippen molar-refractivity contribution in [3.8, 4) is 23.0 Å². The number of amides is 1. The van der Waals surface area contributed by atoms with Crippen molar-refractivity contribution >= 4 is 50.8 Å². The molecule has 9 nitrogen and oxygen atoms in total. The van der Waals surface area contributed by atoms with Gasteiger partial charge in [-0.1, -0.05) is 30.6 Å². The molecule has 0 unspecified atom stereocenters. The van der Waals surface area contributed by atoms with Gasteiger partial charge in [-0.05, 0) is 55.3 Å². The van der Waals surface area contributed by atoms with Gasteiger partial charge in [-0.2, -0.15) is 0 Å². The molecule has 1 aliphatic heterocycles. The monoisotopic (exact) mass is 584 g/mol. The van der Waals surface area contributed by atoms with E-state index >= 15 is 0 Å². The minimum absolute atomic E-state index is 0. The van der Waals surface area contributed by atoms with Gasteiger partial charge in [0.15, 0.2) is 5.13 Å². The first-order valence-electron chi connectivity index (χ1n) is 13.2. The highest BCUT2D eigenvalue weighted by Crippen LogP contribution is 2.40. The molecule has 0 bridgehead atoms. The molecule has 1 amide bonds. The summed E-state index contributed by atoms with van der Waals surface area (Å²) < 4.78 is 13.7. The van der Waals surface area contributed by atoms with Crippen LogP contribution in [0.15, 0.2) is 42.5 Å². The van der Waals surface area contributed by atoms with Crippen LogP contribution in [0.1, 0.15) is 42.5 Å². The number of carbonyl (C=O) groups excluding carboxylic acids is 1. The smallest absolute Gasteiger partial charge is 0.276 e. The number of aromatic nitrogens is 3. The van der Waals surface area contributed by atoms with E-state index in [-0.39, 0.29) is 29.6 Å². The average molecular weight is 585 g/mol. The molecular formula is C28H30ClFN6O3S. The molecule has 2 aromatic heterocycles. The number of carbonyl (C=O) groups is 1. The summed E-state index contributed by atoms with van der Waals surface area (Å²) in [6, 6.07) is 11.6. The van der Waals surface area contributed by atoms with Crippen LogP contribution in [0, 0.1) is 5.82 Å². The second kappa shape index (κ2) is 11.9. The van der Waals surface area contributed by atoms with Gasteiger partial charge in [-0.3, -0.25) is 15.0 Å². The lowest BCUT2D eigenvalue weighted by molar-refractivity contribution is 0.102. The first-order chi connectivity index (χ1) is 18.9. The van der Waals surface area contributed by atoms with Crippen molar-refractivity contribution in [3.05, 3.63) is 53.8 Å². The van der Waals surface area contributed by atoms with E-state index in [2.05, 4.69) is 25.1 Å². The molecule has 0 atom stereocenters. The Morgan fingerprint density at radius 2 is 1.57 bits per heavy atom. The van der Waals surface area contributed by atoms with Crippen LogP contribution in [0.5, 0.6) is 11.8 Å². The number of anilines is 2. The molecule has 40 heavy (non-hydrogen) atoms. The van der Waals surface area contributed by atoms with Gasteiger partial charge in [0.2, 0.25) is 0 Å². The molecule has 2 fully saturated rings. The van der Waals surface area contributed by atoms with Gasteiger partial charge in [0, 0.05) is 43.3 Å². The topological polar surface area (TPSA) is 115 Å². The molecule has 3 heterocycles. The summed E-state index contributed by atoms with van der Waals surface area (Å²) in [7, 11) is 0. The van der Waals surface area contributed by atoms with E-state index in [1.807, 2.05) is 0 Å². The fourth-order valence-corrected chi connectivity index (χ4v) is 6.49. The summed E-state index contributed by atoms with van der Waals surface area (Å²) in [5, 5.41) is 23.5. The van der Waals surface area contributed by atoms with E-state index in [0.717, 1.165) is 36.7 Å². The largest absolute Gasteiger partial charge is 0.489 e. The number of thiazole rings is 1. The van der Waals surface area contributed by atoms with E-state index < -0.39 is 11.8 Å². The van der Waals surface area contributed by atoms with E-state index in [1.54, 1.807) is 24.3 Å². The highest BCUT2D eigenvalue weighted by molar-refractivity contribution is 7.20. The van der Waals surface area contributed by atoms with E-state index in [9.17, 15) is 19.4 Å². The summed E-state index contributed by atoms with van der Waals surface area (Å²) in [5.74, 6) is -1.87. The van der Waals surface area contributed by atoms with Crippen molar-refractivity contribution in [1.29, 1.82) is 0 Å². The average Bonchev–Trinajstić information content (AvgIpc) is 3.38. The van der Waals surface area contributed by atoms with Crippen molar-refractivity contribution in [3.63, 3.8) is 0 Å². The van der Waals surface area contributed by atoms with Gasteiger partial charge in [-0.15, -0.1) is 12.4 Å². The van der Waals surface area contributed by atoms with E-state index in [0.29, 0.717) is 27.9 Å². The number of piperazine rings is 1. The van der Waals surface area contributed by atoms with Crippen molar-refractivity contribution in [2.24, 2.45) is 0 Å². The normalized spacial score (nSPS) is 16.6. The van der Waals surface area contributed by atoms with Crippen LogP contribution in [0.3, 0.4) is 0 Å². The molecule has 12 heteroatoms. The number of nitrogens with zero attached hydrogens (tertiary/aromatic N) is 5. The molecule has 210 valence electrons. The lowest BCUT2D eigenvalue weighted by atomic mass is 9.94. The van der Waals surface area contributed by atoms with Crippen LogP contribution < -0.4 is 10.2 Å². The zero-order valence-electron chi connectivity index (χ0n) is 21.7. The van der Waals surface area contributed by atoms with Crippen LogP contribution in [-0.2, 0) is 0 Å². The highest BCUT2D eigenvalue weighted by Gasteiger charge is 2.28. The minimum atomic E-state index is -0.600. The van der Waals surface area contributed by atoms with Crippen LogP contribution in [0.25, 0.3) is 22.3 Å². The van der Waals surface area contributed by atoms with Crippen LogP contribution in [-0.4, -0.2) is 68.2 Å². The Bertz CT molecular complexity index is 1500. The van der Waals surface area contributed by atoms with Gasteiger partial charge < -0.3 is 15.1 Å². The maximum absolute atomic E-state index is 13.7. The molecular weight excluding hydrogens is 555 g/mol. The summed E-state index contributed by atoms with van der Waals surface area (Å²) in [6.07, 6.45) is 6.51. The number of benzene rings is 2. The molecule has 0 radical (unpaired) electrons. The third-order valence-corrected chi connectivity index (χ3v) is 8.56. The quantitative estimate of drug-likeness (QED) is 0.284. The standard InChI is InChI=1S/C28H29FN6O3S.ClH/c29-19-9-6-17(7-10-19)23-27(35-14-12-34(13-15-35)20-4-2-1-3-5-20)39-28(32-23)33-24(36)18-8-11-21-22(16-18)31-26(38)25(37)30-21;/h6-11,16,20H,1-5,12-15H2,(H,30,37)(H,31,38)(H,32,33,36);1H. The Balaban J connectivity index is 0.00000323. The van der Waals surface area contributed by atoms with Crippen molar-refractivity contribution in [1.82, 2.24) is 19.9 Å². The zero-order valence-corrected chi connectivity index (χ0v) is 23.3. The second-order valence-corrected chi connectivity index (χ2v) is 11.0. The van der Waals surface area contributed by atoms with Gasteiger partial charge in [0.25, 0.3) is 17.7 Å². The second-order valence-electron chi connectivity index (χ2n) is 10.0. The zero-order chi connectivity index (χ0) is 26.9. The maximum atomic E-state index is 13.7. The highest BCUT2D eigenvalue weighted by atomic mass is 35.5. The lowest BCUT2D eigenvalue weighted by Crippen LogP contribution is -2.50. The molecule has 2 aliphatic rings. The van der Waals surface area contributed by atoms with Crippen molar-refractivity contribution in [2.75, 3.05) is 36.4 Å². The molecule has 0 spiro atoms. The van der Waals surface area contributed by atoms with Crippen molar-refractivity contribution < 1.29 is 19.4 Å². The Morgan fingerprint density at radius 1 is 0.900 bits per heavy atom. The van der Waals surface area contributed by atoms with Crippen molar-refractivity contribution in [2.45, 2.75) is 38.1 Å². The number of hydrogen-bond donors (Lipinski definition) is 3. The fourth-order valence-electron chi connectivity index (χ4n) is 5.46. The number of aromatic hydroxyl groups is 2. The Morgan fingerprint density at radius 3 is 2.27 bits per heavy atom. The Kier molecular flexibility index (Phi) is 8.34. The maximum Gasteiger partial charge on any atom is 0.276 e. The summed E-state index contributed by atoms with van der Waals surface area (Å²) in [6.45, 7) is 3.68. The molecule has 1 saturated carbocycles. The predicted octanol–water partition coefficient (Wildman–Crippen LogP) is 5.43. The number of halogens is 2. The fraction of sp³-hybridized carbons (Fsp3) is 0.357. The first-order valence-corrected chi connectivity index (χ1v) is 14.0. The van der Waals surface area contributed by atoms with Gasteiger partial charge in [0.05, 0.1) is 11.0 Å². The van der Waals surface area contributed by atoms with Gasteiger partial charge in [0.1, 0.15) is 16.5 Å². The number of hydrogen-bond acceptors (Lipinski definition) is 9. The third kappa shape index (κ3) is 5.81. The number of rotatable bonds is 5. The number of nitrogens with one attached hydrogen (secondary N) is 1. The van der Waals surface area contributed by atoms with Gasteiger partial charge in [-0.25, -0.2) is 19.3 Å². The summed E-state index contributed by atoms with van der Waals surface area (Å²) >= 11 is 1.40. The first kappa shape index (κ1) is 28.0. The summed E-state index contributed by atoms with van der Waals surface area (Å²) in [4.78, 5) is 30.6. The third-order valence-electron chi connectivity index (χ3n) is 7.53. The van der Waals surface area contributed by atoms with Crippen LogP contribution in [0.4, 0.5) is 14.5 Å². The molecule has 1 saturated heterocycles. The summed E-state index contributed by atoms with van der Waals surface area (Å²) in [5.41, 5.74) is 2.44. The molecule has 6 rings (SSSR count). The molecule has 1 aliphatic carbocycles. The molecule has 2 aromatic carbocycles. The lowest BCUT2D eigenvalue weighted by Gasteiger charge is -2.41. The van der Waals surface area contributed by atoms with Crippen LogP contribution >= 0.6 is 23.7 Å². The predicted molar refractivity (Wildman–Crippen MR) is 156 cm³/mol. The molecule has 3 N–H and O–H groups in total. The number of fused-ring (bicyclic) bond motifs is 1. The Hall–Kier alpha value is -3.54. The van der Waals surface area contributed by atoms with E-state index in [1.165, 1.54) is 61.6 Å². The Labute approximate surface area is 241 Å². The molecule has 4 aromatic rings.